The first-order valence-electron chi connectivity index (χ1n) is 6.28. The zero-order valence-corrected chi connectivity index (χ0v) is 13.5. The highest BCUT2D eigenvalue weighted by atomic mass is 79.9. The van der Waals surface area contributed by atoms with Gasteiger partial charge in [-0.05, 0) is 37.7 Å². The predicted molar refractivity (Wildman–Crippen MR) is 82.9 cm³/mol. The van der Waals surface area contributed by atoms with Crippen LogP contribution in [0.4, 0.5) is 5.69 Å². The molecule has 2 atom stereocenters. The lowest BCUT2D eigenvalue weighted by atomic mass is 10.1. The van der Waals surface area contributed by atoms with Crippen LogP contribution in [0.5, 0.6) is 0 Å². The standard InChI is InChI=1S/C14H20BrClN2/c1-10-8-18(9-14(10)17(2)3)13-5-4-11(7-15)6-12(13)16/h4-6,10,14H,7-9H2,1-3H3. The van der Waals surface area contributed by atoms with Crippen molar-refractivity contribution in [2.75, 3.05) is 32.1 Å². The van der Waals surface area contributed by atoms with Crippen LogP contribution in [-0.4, -0.2) is 38.1 Å². The van der Waals surface area contributed by atoms with Crippen LogP contribution in [0.1, 0.15) is 12.5 Å². The first-order chi connectivity index (χ1) is 8.52. The van der Waals surface area contributed by atoms with Gasteiger partial charge in [-0.25, -0.2) is 0 Å². The van der Waals surface area contributed by atoms with Gasteiger partial charge < -0.3 is 9.80 Å². The second-order valence-electron chi connectivity index (χ2n) is 5.33. The van der Waals surface area contributed by atoms with E-state index in [9.17, 15) is 0 Å². The molecule has 2 nitrogen and oxygen atoms in total. The monoisotopic (exact) mass is 330 g/mol. The molecule has 100 valence electrons. The fourth-order valence-electron chi connectivity index (χ4n) is 2.71. The van der Waals surface area contributed by atoms with Crippen LogP contribution in [0.25, 0.3) is 0 Å². The molecule has 1 aliphatic heterocycles. The Labute approximate surface area is 123 Å². The molecule has 1 fully saturated rings. The zero-order valence-electron chi connectivity index (χ0n) is 11.2. The van der Waals surface area contributed by atoms with Gasteiger partial charge in [0.1, 0.15) is 0 Å². The minimum atomic E-state index is 0.608. The molecule has 0 saturated carbocycles. The molecule has 1 heterocycles. The molecular weight excluding hydrogens is 312 g/mol. The summed E-state index contributed by atoms with van der Waals surface area (Å²) in [7, 11) is 4.31. The maximum Gasteiger partial charge on any atom is 0.0642 e. The Kier molecular flexibility index (Phi) is 4.57. The summed E-state index contributed by atoms with van der Waals surface area (Å²) in [5.74, 6) is 0.673. The molecule has 0 bridgehead atoms. The third-order valence-electron chi connectivity index (χ3n) is 3.74. The highest BCUT2D eigenvalue weighted by Gasteiger charge is 2.31. The number of anilines is 1. The van der Waals surface area contributed by atoms with E-state index in [4.69, 9.17) is 11.6 Å². The van der Waals surface area contributed by atoms with Crippen molar-refractivity contribution in [1.82, 2.24) is 4.90 Å². The van der Waals surface area contributed by atoms with E-state index < -0.39 is 0 Å². The Hall–Kier alpha value is -0.250. The van der Waals surface area contributed by atoms with E-state index in [2.05, 4.69) is 64.9 Å². The highest BCUT2D eigenvalue weighted by Crippen LogP contribution is 2.32. The Bertz CT molecular complexity index is 422. The Balaban J connectivity index is 2.18. The van der Waals surface area contributed by atoms with E-state index in [1.165, 1.54) is 5.56 Å². The SMILES string of the molecule is CC1CN(c2ccc(CBr)cc2Cl)CC1N(C)C. The zero-order chi connectivity index (χ0) is 13.3. The lowest BCUT2D eigenvalue weighted by molar-refractivity contribution is 0.266. The highest BCUT2D eigenvalue weighted by molar-refractivity contribution is 9.08. The summed E-state index contributed by atoms with van der Waals surface area (Å²) in [6.45, 7) is 4.45. The number of hydrogen-bond donors (Lipinski definition) is 0. The number of hydrogen-bond acceptors (Lipinski definition) is 2. The lowest BCUT2D eigenvalue weighted by Gasteiger charge is -2.23. The van der Waals surface area contributed by atoms with E-state index in [1.807, 2.05) is 0 Å². The third-order valence-corrected chi connectivity index (χ3v) is 4.69. The first kappa shape index (κ1) is 14.2. The van der Waals surface area contributed by atoms with Gasteiger partial charge in [-0.3, -0.25) is 0 Å². The van der Waals surface area contributed by atoms with Gasteiger partial charge >= 0.3 is 0 Å². The topological polar surface area (TPSA) is 6.48 Å². The molecule has 1 aromatic carbocycles. The van der Waals surface area contributed by atoms with Gasteiger partial charge in [0.2, 0.25) is 0 Å². The van der Waals surface area contributed by atoms with E-state index in [0.717, 1.165) is 29.1 Å². The number of likely N-dealkylation sites (N-methyl/N-ethyl adjacent to an activating group) is 1. The molecule has 4 heteroatoms. The quantitative estimate of drug-likeness (QED) is 0.781. The van der Waals surface area contributed by atoms with Gasteiger partial charge in [-0.15, -0.1) is 0 Å². The van der Waals surface area contributed by atoms with Crippen LogP contribution in [0.3, 0.4) is 0 Å². The molecule has 0 radical (unpaired) electrons. The molecule has 2 rings (SSSR count). The predicted octanol–water partition coefficient (Wildman–Crippen LogP) is 3.62. The van der Waals surface area contributed by atoms with Gasteiger partial charge in [0.25, 0.3) is 0 Å². The van der Waals surface area contributed by atoms with Crippen molar-refractivity contribution in [2.45, 2.75) is 18.3 Å². The maximum absolute atomic E-state index is 6.39. The number of benzene rings is 1. The van der Waals surface area contributed by atoms with Crippen molar-refractivity contribution in [3.05, 3.63) is 28.8 Å². The van der Waals surface area contributed by atoms with E-state index in [0.29, 0.717) is 12.0 Å². The van der Waals surface area contributed by atoms with E-state index in [1.54, 1.807) is 0 Å². The minimum absolute atomic E-state index is 0.608. The Morgan fingerprint density at radius 1 is 1.39 bits per heavy atom. The van der Waals surface area contributed by atoms with E-state index >= 15 is 0 Å². The van der Waals surface area contributed by atoms with Crippen LogP contribution in [0.2, 0.25) is 5.02 Å². The Morgan fingerprint density at radius 2 is 2.11 bits per heavy atom. The number of nitrogens with zero attached hydrogens (tertiary/aromatic N) is 2. The number of halogens is 2. The second kappa shape index (κ2) is 5.81. The largest absolute Gasteiger partial charge is 0.368 e. The fourth-order valence-corrected chi connectivity index (χ4v) is 3.38. The summed E-state index contributed by atoms with van der Waals surface area (Å²) in [6, 6.07) is 6.95. The van der Waals surface area contributed by atoms with Crippen molar-refractivity contribution in [3.63, 3.8) is 0 Å². The van der Waals surface area contributed by atoms with Gasteiger partial charge in [-0.2, -0.15) is 0 Å². The van der Waals surface area contributed by atoms with Crippen LogP contribution < -0.4 is 4.90 Å². The van der Waals surface area contributed by atoms with Crippen molar-refractivity contribution in [2.24, 2.45) is 5.92 Å². The lowest BCUT2D eigenvalue weighted by Crippen LogP contribution is -2.34. The third kappa shape index (κ3) is 2.84. The molecular formula is C14H20BrClN2. The summed E-state index contributed by atoms with van der Waals surface area (Å²) in [5.41, 5.74) is 2.39. The van der Waals surface area contributed by atoms with E-state index in [-0.39, 0.29) is 0 Å². The van der Waals surface area contributed by atoms with Crippen LogP contribution >= 0.6 is 27.5 Å². The van der Waals surface area contributed by atoms with Gasteiger partial charge in [0.15, 0.2) is 0 Å². The Morgan fingerprint density at radius 3 is 2.61 bits per heavy atom. The fraction of sp³-hybridized carbons (Fsp3) is 0.571. The summed E-state index contributed by atoms with van der Waals surface area (Å²) >= 11 is 9.85. The molecule has 1 saturated heterocycles. The molecule has 18 heavy (non-hydrogen) atoms. The maximum atomic E-state index is 6.39. The molecule has 2 unspecified atom stereocenters. The van der Waals surface area contributed by atoms with Crippen LogP contribution in [-0.2, 0) is 5.33 Å². The normalized spacial score (nSPS) is 24.0. The number of rotatable bonds is 3. The van der Waals surface area contributed by atoms with Gasteiger partial charge in [0.05, 0.1) is 10.7 Å². The summed E-state index contributed by atoms with van der Waals surface area (Å²) in [5, 5.41) is 1.71. The molecule has 0 amide bonds. The molecule has 0 spiro atoms. The molecule has 0 aliphatic carbocycles. The molecule has 0 N–H and O–H groups in total. The molecule has 1 aliphatic rings. The minimum Gasteiger partial charge on any atom is -0.368 e. The van der Waals surface area contributed by atoms with Crippen molar-refractivity contribution in [3.8, 4) is 0 Å². The van der Waals surface area contributed by atoms with Crippen LogP contribution in [0.15, 0.2) is 18.2 Å². The first-order valence-corrected chi connectivity index (χ1v) is 7.78. The summed E-state index contributed by atoms with van der Waals surface area (Å²) in [4.78, 5) is 4.71. The molecule has 1 aromatic rings. The van der Waals surface area contributed by atoms with Crippen molar-refractivity contribution >= 4 is 33.2 Å². The van der Waals surface area contributed by atoms with Crippen molar-refractivity contribution < 1.29 is 0 Å². The number of alkyl halides is 1. The average Bonchev–Trinajstić information content (AvgIpc) is 2.71. The van der Waals surface area contributed by atoms with Crippen LogP contribution in [0, 0.1) is 5.92 Å². The second-order valence-corrected chi connectivity index (χ2v) is 6.30. The summed E-state index contributed by atoms with van der Waals surface area (Å²) < 4.78 is 0. The summed E-state index contributed by atoms with van der Waals surface area (Å²) in [6.07, 6.45) is 0. The smallest absolute Gasteiger partial charge is 0.0642 e. The van der Waals surface area contributed by atoms with Gasteiger partial charge in [-0.1, -0.05) is 40.5 Å². The van der Waals surface area contributed by atoms with Gasteiger partial charge in [0, 0.05) is 24.5 Å². The van der Waals surface area contributed by atoms with Crippen molar-refractivity contribution in [1.29, 1.82) is 0 Å². The average molecular weight is 332 g/mol. The molecule has 0 aromatic heterocycles.